The van der Waals surface area contributed by atoms with Gasteiger partial charge in [0.15, 0.2) is 11.5 Å². The molecule has 0 radical (unpaired) electrons. The molecule has 0 saturated carbocycles. The van der Waals surface area contributed by atoms with Crippen LogP contribution in [-0.4, -0.2) is 32.6 Å². The molecule has 0 atom stereocenters. The lowest BCUT2D eigenvalue weighted by atomic mass is 10.1. The predicted octanol–water partition coefficient (Wildman–Crippen LogP) is 7.01. The minimum absolute atomic E-state index is 0.0781. The Hall–Kier alpha value is -4.20. The molecule has 6 nitrogen and oxygen atoms in total. The highest BCUT2D eigenvalue weighted by Crippen LogP contribution is 2.42. The molecule has 0 aromatic heterocycles. The molecule has 0 aliphatic carbocycles. The van der Waals surface area contributed by atoms with Gasteiger partial charge in [-0.25, -0.2) is 0 Å². The molecule has 1 N–H and O–H groups in total. The molecule has 5 rings (SSSR count). The van der Waals surface area contributed by atoms with Crippen LogP contribution in [0.25, 0.3) is 6.08 Å². The third-order valence-corrected chi connectivity index (χ3v) is 7.99. The number of ether oxygens (including phenoxy) is 2. The van der Waals surface area contributed by atoms with Crippen molar-refractivity contribution in [2.45, 2.75) is 17.9 Å². The van der Waals surface area contributed by atoms with E-state index in [0.29, 0.717) is 46.5 Å². The number of amides is 2. The van der Waals surface area contributed by atoms with E-state index in [-0.39, 0.29) is 11.8 Å². The molecule has 1 heterocycles. The molecule has 0 saturated heterocycles. The monoisotopic (exact) mass is 584 g/mol. The summed E-state index contributed by atoms with van der Waals surface area (Å²) in [5.74, 6) is 1.09. The lowest BCUT2D eigenvalue weighted by molar-refractivity contribution is -0.114. The fraction of sp³-hybridized carbons (Fsp3) is 0.152. The summed E-state index contributed by atoms with van der Waals surface area (Å²) in [5.41, 5.74) is 4.25. The van der Waals surface area contributed by atoms with Crippen LogP contribution in [0.3, 0.4) is 0 Å². The van der Waals surface area contributed by atoms with Gasteiger partial charge in [0.25, 0.3) is 11.8 Å². The largest absolute Gasteiger partial charge is 0.493 e. The Bertz CT molecular complexity index is 1600. The fourth-order valence-corrected chi connectivity index (χ4v) is 5.85. The third-order valence-electron chi connectivity index (χ3n) is 6.68. The SMILES string of the molecule is COc1ccc(CCNC(=O)c2ccc(C=C3Sc4ccccc4N(Cc4cccc(Cl)c4)C3=O)cc2)cc1OC. The van der Waals surface area contributed by atoms with Crippen LogP contribution in [0.4, 0.5) is 5.69 Å². The number of para-hydroxylation sites is 1. The van der Waals surface area contributed by atoms with Crippen LogP contribution in [-0.2, 0) is 17.8 Å². The maximum Gasteiger partial charge on any atom is 0.265 e. The predicted molar refractivity (Wildman–Crippen MR) is 165 cm³/mol. The number of hydrogen-bond acceptors (Lipinski definition) is 5. The van der Waals surface area contributed by atoms with Crippen LogP contribution in [0, 0.1) is 0 Å². The molecule has 2 amide bonds. The highest BCUT2D eigenvalue weighted by Gasteiger charge is 2.29. The summed E-state index contributed by atoms with van der Waals surface area (Å²) in [6, 6.07) is 28.4. The summed E-state index contributed by atoms with van der Waals surface area (Å²) in [4.78, 5) is 29.7. The number of hydrogen-bond donors (Lipinski definition) is 1. The summed E-state index contributed by atoms with van der Waals surface area (Å²) in [5, 5.41) is 3.60. The van der Waals surface area contributed by atoms with Gasteiger partial charge in [-0.2, -0.15) is 0 Å². The van der Waals surface area contributed by atoms with Gasteiger partial charge < -0.3 is 19.7 Å². The molecule has 0 unspecified atom stereocenters. The lowest BCUT2D eigenvalue weighted by Gasteiger charge is -2.30. The zero-order chi connectivity index (χ0) is 28.8. The van der Waals surface area contributed by atoms with Gasteiger partial charge >= 0.3 is 0 Å². The summed E-state index contributed by atoms with van der Waals surface area (Å²) in [6.07, 6.45) is 2.52. The number of nitrogens with one attached hydrogen (secondary N) is 1. The number of benzene rings is 4. The van der Waals surface area contributed by atoms with Gasteiger partial charge in [0.2, 0.25) is 0 Å². The smallest absolute Gasteiger partial charge is 0.265 e. The normalized spacial score (nSPS) is 13.6. The standard InChI is InChI=1S/C33H29ClN2O4S/c1-39-28-15-12-23(19-29(28)40-2)16-17-35-32(37)25-13-10-22(11-14-25)20-31-33(38)36(21-24-6-5-7-26(34)18-24)27-8-3-4-9-30(27)41-31/h3-15,18-20H,16-17,21H2,1-2H3,(H,35,37). The van der Waals surface area contributed by atoms with E-state index in [1.165, 1.54) is 11.8 Å². The Balaban J connectivity index is 1.26. The van der Waals surface area contributed by atoms with E-state index in [1.807, 2.05) is 84.9 Å². The Morgan fingerprint density at radius 3 is 2.44 bits per heavy atom. The Morgan fingerprint density at radius 1 is 0.902 bits per heavy atom. The van der Waals surface area contributed by atoms with Crippen LogP contribution in [0.5, 0.6) is 11.5 Å². The number of thioether (sulfide) groups is 1. The number of anilines is 1. The quantitative estimate of drug-likeness (QED) is 0.214. The van der Waals surface area contributed by atoms with E-state index in [2.05, 4.69) is 5.32 Å². The van der Waals surface area contributed by atoms with Crippen molar-refractivity contribution in [3.63, 3.8) is 0 Å². The van der Waals surface area contributed by atoms with Gasteiger partial charge in [-0.3, -0.25) is 9.59 Å². The van der Waals surface area contributed by atoms with E-state index in [4.69, 9.17) is 21.1 Å². The van der Waals surface area contributed by atoms with Gasteiger partial charge in [-0.15, -0.1) is 0 Å². The van der Waals surface area contributed by atoms with E-state index in [0.717, 1.165) is 27.3 Å². The topological polar surface area (TPSA) is 67.9 Å². The van der Waals surface area contributed by atoms with Gasteiger partial charge in [-0.1, -0.05) is 65.8 Å². The number of carbonyl (C=O) groups excluding carboxylic acids is 2. The average molecular weight is 585 g/mol. The highest BCUT2D eigenvalue weighted by molar-refractivity contribution is 8.04. The van der Waals surface area contributed by atoms with Gasteiger partial charge in [0.05, 0.1) is 31.4 Å². The van der Waals surface area contributed by atoms with Crippen molar-refractivity contribution >= 4 is 46.9 Å². The third kappa shape index (κ3) is 6.76. The Labute approximate surface area is 248 Å². The summed E-state index contributed by atoms with van der Waals surface area (Å²) in [6.45, 7) is 0.893. The van der Waals surface area contributed by atoms with E-state index in [1.54, 1.807) is 31.3 Å². The van der Waals surface area contributed by atoms with Crippen LogP contribution in [0.2, 0.25) is 5.02 Å². The van der Waals surface area contributed by atoms with Crippen molar-refractivity contribution in [3.8, 4) is 11.5 Å². The van der Waals surface area contributed by atoms with Crippen molar-refractivity contribution in [1.29, 1.82) is 0 Å². The Kier molecular flexibility index (Phi) is 8.97. The maximum absolute atomic E-state index is 13.6. The second-order valence-corrected chi connectivity index (χ2v) is 10.9. The second-order valence-electron chi connectivity index (χ2n) is 9.42. The first kappa shape index (κ1) is 28.3. The van der Waals surface area contributed by atoms with Crippen molar-refractivity contribution in [2.75, 3.05) is 25.7 Å². The number of rotatable bonds is 9. The number of carbonyl (C=O) groups is 2. The van der Waals surface area contributed by atoms with Crippen molar-refractivity contribution in [3.05, 3.63) is 123 Å². The van der Waals surface area contributed by atoms with E-state index < -0.39 is 0 Å². The molecule has 1 aliphatic rings. The zero-order valence-electron chi connectivity index (χ0n) is 22.7. The minimum Gasteiger partial charge on any atom is -0.493 e. The number of methoxy groups -OCH3 is 2. The number of fused-ring (bicyclic) bond motifs is 1. The summed E-state index contributed by atoms with van der Waals surface area (Å²) >= 11 is 7.64. The van der Waals surface area contributed by atoms with Gasteiger partial charge in [0, 0.05) is 22.0 Å². The van der Waals surface area contributed by atoms with E-state index in [9.17, 15) is 9.59 Å². The van der Waals surface area contributed by atoms with Gasteiger partial charge in [0.1, 0.15) is 0 Å². The molecule has 41 heavy (non-hydrogen) atoms. The maximum atomic E-state index is 13.6. The second kappa shape index (κ2) is 13.0. The average Bonchev–Trinajstić information content (AvgIpc) is 2.99. The number of halogens is 1. The summed E-state index contributed by atoms with van der Waals surface area (Å²) < 4.78 is 10.6. The molecular formula is C33H29ClN2O4S. The first-order chi connectivity index (χ1) is 19.9. The fourth-order valence-electron chi connectivity index (χ4n) is 4.58. The van der Waals surface area contributed by atoms with Crippen LogP contribution < -0.4 is 19.7 Å². The highest BCUT2D eigenvalue weighted by atomic mass is 35.5. The zero-order valence-corrected chi connectivity index (χ0v) is 24.3. The van der Waals surface area contributed by atoms with Crippen molar-refractivity contribution in [1.82, 2.24) is 5.32 Å². The Morgan fingerprint density at radius 2 is 1.68 bits per heavy atom. The first-order valence-electron chi connectivity index (χ1n) is 13.1. The van der Waals surface area contributed by atoms with Crippen molar-refractivity contribution < 1.29 is 19.1 Å². The minimum atomic E-state index is -0.158. The van der Waals surface area contributed by atoms with E-state index >= 15 is 0 Å². The van der Waals surface area contributed by atoms with Crippen LogP contribution in [0.15, 0.2) is 101 Å². The van der Waals surface area contributed by atoms with Gasteiger partial charge in [-0.05, 0) is 77.7 Å². The van der Waals surface area contributed by atoms with Crippen LogP contribution in [0.1, 0.15) is 27.0 Å². The summed E-state index contributed by atoms with van der Waals surface area (Å²) in [7, 11) is 3.20. The molecule has 4 aromatic rings. The molecule has 0 bridgehead atoms. The molecule has 8 heteroatoms. The first-order valence-corrected chi connectivity index (χ1v) is 14.3. The molecule has 1 aliphatic heterocycles. The molecule has 4 aromatic carbocycles. The molecule has 0 spiro atoms. The lowest BCUT2D eigenvalue weighted by Crippen LogP contribution is -2.33. The molecule has 208 valence electrons. The van der Waals surface area contributed by atoms with Crippen LogP contribution >= 0.6 is 23.4 Å². The van der Waals surface area contributed by atoms with Crippen molar-refractivity contribution in [2.24, 2.45) is 0 Å². The molecular weight excluding hydrogens is 556 g/mol. The molecule has 0 fully saturated rings. The number of nitrogens with zero attached hydrogens (tertiary/aromatic N) is 1.